The number of carbonyl (C=O) groups excluding carboxylic acids is 1. The maximum absolute atomic E-state index is 11.9. The fraction of sp³-hybridized carbons (Fsp3) is 0.455. The maximum atomic E-state index is 11.9. The highest BCUT2D eigenvalue weighted by Crippen LogP contribution is 2.19. The summed E-state index contributed by atoms with van der Waals surface area (Å²) in [6, 6.07) is 1.34. The summed E-state index contributed by atoms with van der Waals surface area (Å²) in [6.07, 6.45) is 2.01. The van der Waals surface area contributed by atoms with Crippen molar-refractivity contribution in [3.05, 3.63) is 16.3 Å². The predicted octanol–water partition coefficient (Wildman–Crippen LogP) is 0.393. The normalized spacial score (nSPS) is 15.0. The van der Waals surface area contributed by atoms with E-state index in [4.69, 9.17) is 5.11 Å². The first-order valence-corrected chi connectivity index (χ1v) is 8.35. The van der Waals surface area contributed by atoms with Crippen LogP contribution in [0.25, 0.3) is 0 Å². The van der Waals surface area contributed by atoms with Crippen molar-refractivity contribution in [1.29, 1.82) is 0 Å². The molecule has 0 aromatic carbocycles. The molecule has 0 radical (unpaired) electrons. The van der Waals surface area contributed by atoms with E-state index in [9.17, 15) is 18.0 Å². The van der Waals surface area contributed by atoms with Crippen molar-refractivity contribution >= 4 is 33.2 Å². The number of hydrogen-bond donors (Lipinski definition) is 3. The Morgan fingerprint density at radius 1 is 1.40 bits per heavy atom. The van der Waals surface area contributed by atoms with E-state index >= 15 is 0 Å². The van der Waals surface area contributed by atoms with Crippen LogP contribution < -0.4 is 10.0 Å². The number of carboxylic acid groups (broad SMARTS) is 1. The first-order valence-electron chi connectivity index (χ1n) is 5.99. The van der Waals surface area contributed by atoms with Crippen molar-refractivity contribution in [3.63, 3.8) is 0 Å². The molecular weight excluding hydrogens is 304 g/mol. The second-order valence-electron chi connectivity index (χ2n) is 4.44. The minimum absolute atomic E-state index is 0.0147. The second-order valence-corrected chi connectivity index (χ2v) is 7.12. The van der Waals surface area contributed by atoms with Crippen LogP contribution in [-0.2, 0) is 14.8 Å². The van der Waals surface area contributed by atoms with Crippen LogP contribution in [0, 0.1) is 0 Å². The third-order valence-electron chi connectivity index (χ3n) is 2.68. The topological polar surface area (TPSA) is 113 Å². The summed E-state index contributed by atoms with van der Waals surface area (Å²) in [5, 5.41) is 12.8. The van der Waals surface area contributed by atoms with Gasteiger partial charge >= 0.3 is 5.97 Å². The van der Waals surface area contributed by atoms with Crippen molar-refractivity contribution in [1.82, 2.24) is 10.0 Å². The molecule has 9 heteroatoms. The highest BCUT2D eigenvalue weighted by molar-refractivity contribution is 7.89. The van der Waals surface area contributed by atoms with Gasteiger partial charge in [-0.3, -0.25) is 4.79 Å². The van der Waals surface area contributed by atoms with Crippen molar-refractivity contribution < 1.29 is 23.1 Å². The monoisotopic (exact) mass is 318 g/mol. The molecule has 1 saturated carbocycles. The minimum atomic E-state index is -3.76. The molecule has 1 fully saturated rings. The molecule has 0 unspecified atom stereocenters. The first-order chi connectivity index (χ1) is 9.38. The van der Waals surface area contributed by atoms with E-state index in [0.717, 1.165) is 30.2 Å². The Hall–Kier alpha value is -1.45. The third kappa shape index (κ3) is 4.02. The van der Waals surface area contributed by atoms with E-state index in [0.29, 0.717) is 0 Å². The molecule has 0 aliphatic heterocycles. The third-order valence-corrected chi connectivity index (χ3v) is 5.19. The summed E-state index contributed by atoms with van der Waals surface area (Å²) >= 11 is 0.843. The largest absolute Gasteiger partial charge is 0.477 e. The highest BCUT2D eigenvalue weighted by atomic mass is 32.2. The number of sulfonamides is 1. The molecule has 0 saturated heterocycles. The summed E-state index contributed by atoms with van der Waals surface area (Å²) < 4.78 is 26.0. The molecule has 1 aromatic heterocycles. The van der Waals surface area contributed by atoms with Crippen LogP contribution in [0.2, 0.25) is 0 Å². The summed E-state index contributed by atoms with van der Waals surface area (Å²) in [7, 11) is -3.76. The summed E-state index contributed by atoms with van der Waals surface area (Å²) in [4.78, 5) is 21.9. The Balaban J connectivity index is 1.86. The van der Waals surface area contributed by atoms with Gasteiger partial charge in [0.1, 0.15) is 4.88 Å². The van der Waals surface area contributed by atoms with Crippen LogP contribution in [-0.4, -0.2) is 38.0 Å². The van der Waals surface area contributed by atoms with Gasteiger partial charge < -0.3 is 10.4 Å². The Morgan fingerprint density at radius 2 is 2.10 bits per heavy atom. The number of aromatic carboxylic acids is 1. The lowest BCUT2D eigenvalue weighted by Gasteiger charge is -2.05. The summed E-state index contributed by atoms with van der Waals surface area (Å²) in [5.74, 6) is -1.35. The van der Waals surface area contributed by atoms with Gasteiger partial charge in [-0.1, -0.05) is 0 Å². The number of amides is 1. The van der Waals surface area contributed by atoms with Crippen LogP contribution in [0.3, 0.4) is 0 Å². The number of carbonyl (C=O) groups is 2. The molecule has 7 nitrogen and oxygen atoms in total. The van der Waals surface area contributed by atoms with Gasteiger partial charge in [0.05, 0.1) is 4.90 Å². The molecule has 2 rings (SSSR count). The van der Waals surface area contributed by atoms with Crippen LogP contribution in [0.5, 0.6) is 0 Å². The Kier molecular flexibility index (Phi) is 4.41. The average Bonchev–Trinajstić information content (AvgIpc) is 3.01. The van der Waals surface area contributed by atoms with E-state index in [1.165, 1.54) is 5.38 Å². The lowest BCUT2D eigenvalue weighted by molar-refractivity contribution is -0.121. The Bertz CT molecular complexity index is 619. The standard InChI is InChI=1S/C11H14N2O5S2/c14-10(13-7-1-2-7)3-4-12-20(17,18)8-5-9(11(15)16)19-6-8/h5-7,12H,1-4H2,(H,13,14)(H,15,16). The SMILES string of the molecule is O=C(CCNS(=O)(=O)c1csc(C(=O)O)c1)NC1CC1. The van der Waals surface area contributed by atoms with Gasteiger partial charge in [-0.15, -0.1) is 11.3 Å². The fourth-order valence-corrected chi connectivity index (χ4v) is 3.62. The van der Waals surface area contributed by atoms with Crippen LogP contribution in [0.15, 0.2) is 16.3 Å². The molecule has 1 amide bonds. The molecule has 1 aliphatic rings. The quantitative estimate of drug-likeness (QED) is 0.673. The Morgan fingerprint density at radius 3 is 2.65 bits per heavy atom. The van der Waals surface area contributed by atoms with Gasteiger partial charge in [0, 0.05) is 24.4 Å². The van der Waals surface area contributed by atoms with E-state index in [1.807, 2.05) is 0 Å². The first kappa shape index (κ1) is 14.9. The van der Waals surface area contributed by atoms with Gasteiger partial charge in [-0.2, -0.15) is 0 Å². The number of carboxylic acids is 1. The summed E-state index contributed by atoms with van der Waals surface area (Å²) in [5.41, 5.74) is 0. The van der Waals surface area contributed by atoms with Crippen LogP contribution >= 0.6 is 11.3 Å². The molecule has 20 heavy (non-hydrogen) atoms. The minimum Gasteiger partial charge on any atom is -0.477 e. The molecule has 1 aliphatic carbocycles. The second kappa shape index (κ2) is 5.90. The number of thiophene rings is 1. The van der Waals surface area contributed by atoms with Crippen molar-refractivity contribution in [3.8, 4) is 0 Å². The Labute approximate surface area is 120 Å². The van der Waals surface area contributed by atoms with Gasteiger partial charge in [0.15, 0.2) is 0 Å². The molecule has 0 spiro atoms. The highest BCUT2D eigenvalue weighted by Gasteiger charge is 2.23. The maximum Gasteiger partial charge on any atom is 0.345 e. The zero-order valence-electron chi connectivity index (χ0n) is 10.5. The number of hydrogen-bond acceptors (Lipinski definition) is 5. The van der Waals surface area contributed by atoms with Crippen LogP contribution in [0.4, 0.5) is 0 Å². The summed E-state index contributed by atoms with van der Waals surface area (Å²) in [6.45, 7) is -0.0147. The molecule has 0 atom stereocenters. The molecule has 3 N–H and O–H groups in total. The predicted molar refractivity (Wildman–Crippen MR) is 72.2 cm³/mol. The van der Waals surface area contributed by atoms with Crippen LogP contribution in [0.1, 0.15) is 28.9 Å². The number of rotatable bonds is 7. The zero-order valence-corrected chi connectivity index (χ0v) is 12.1. The fourth-order valence-electron chi connectivity index (χ4n) is 1.48. The zero-order chi connectivity index (χ0) is 14.8. The van der Waals surface area contributed by atoms with Crippen molar-refractivity contribution in [2.45, 2.75) is 30.2 Å². The van der Waals surface area contributed by atoms with Crippen molar-refractivity contribution in [2.75, 3.05) is 6.54 Å². The molecule has 1 heterocycles. The van der Waals surface area contributed by atoms with Gasteiger partial charge in [0.2, 0.25) is 15.9 Å². The average molecular weight is 318 g/mol. The van der Waals surface area contributed by atoms with Gasteiger partial charge in [0.25, 0.3) is 0 Å². The van der Waals surface area contributed by atoms with E-state index < -0.39 is 16.0 Å². The molecular formula is C11H14N2O5S2. The molecule has 110 valence electrons. The smallest absolute Gasteiger partial charge is 0.345 e. The molecule has 1 aromatic rings. The molecule has 0 bridgehead atoms. The lowest BCUT2D eigenvalue weighted by atomic mass is 10.4. The lowest BCUT2D eigenvalue weighted by Crippen LogP contribution is -2.31. The van der Waals surface area contributed by atoms with E-state index in [-0.39, 0.29) is 34.7 Å². The van der Waals surface area contributed by atoms with Crippen molar-refractivity contribution in [2.24, 2.45) is 0 Å². The van der Waals surface area contributed by atoms with E-state index in [1.54, 1.807) is 0 Å². The van der Waals surface area contributed by atoms with Gasteiger partial charge in [-0.25, -0.2) is 17.9 Å². The number of nitrogens with one attached hydrogen (secondary N) is 2. The van der Waals surface area contributed by atoms with Gasteiger partial charge in [-0.05, 0) is 18.9 Å². The van der Waals surface area contributed by atoms with E-state index in [2.05, 4.69) is 10.0 Å².